The number of halogens is 1. The van der Waals surface area contributed by atoms with Crippen molar-refractivity contribution in [2.75, 3.05) is 38.7 Å². The molecule has 1 rings (SSSR count). The molecular weight excluding hydrogens is 344 g/mol. The Morgan fingerprint density at radius 2 is 1.82 bits per heavy atom. The van der Waals surface area contributed by atoms with Gasteiger partial charge in [0.1, 0.15) is 0 Å². The number of hydrogen-bond donors (Lipinski definition) is 3. The summed E-state index contributed by atoms with van der Waals surface area (Å²) in [6, 6.07) is 7.70. The van der Waals surface area contributed by atoms with E-state index in [0.717, 1.165) is 28.5 Å². The van der Waals surface area contributed by atoms with Gasteiger partial charge < -0.3 is 10.6 Å². The van der Waals surface area contributed by atoms with Gasteiger partial charge in [0, 0.05) is 42.4 Å². The first-order chi connectivity index (χ1) is 10.4. The van der Waals surface area contributed by atoms with Crippen LogP contribution < -0.4 is 15.4 Å². The smallest absolute Gasteiger partial charge is 0.208 e. The van der Waals surface area contributed by atoms with Crippen molar-refractivity contribution in [3.63, 3.8) is 0 Å². The molecular formula is C13H21ClN4O2S2. The maximum absolute atomic E-state index is 10.9. The van der Waals surface area contributed by atoms with Gasteiger partial charge >= 0.3 is 0 Å². The Balaban J connectivity index is 2.17. The van der Waals surface area contributed by atoms with Crippen LogP contribution in [0.15, 0.2) is 34.2 Å². The Labute approximate surface area is 141 Å². The summed E-state index contributed by atoms with van der Waals surface area (Å²) in [6.07, 6.45) is 1.13. The average Bonchev–Trinajstić information content (AvgIpc) is 2.46. The Bertz CT molecular complexity index is 576. The van der Waals surface area contributed by atoms with Crippen molar-refractivity contribution in [2.45, 2.75) is 4.90 Å². The minimum Gasteiger partial charge on any atom is -0.356 e. The van der Waals surface area contributed by atoms with E-state index in [1.165, 1.54) is 0 Å². The number of rotatable bonds is 8. The second-order valence-electron chi connectivity index (χ2n) is 4.39. The third-order valence-corrected chi connectivity index (χ3v) is 4.48. The topological polar surface area (TPSA) is 82.6 Å². The lowest BCUT2D eigenvalue weighted by Gasteiger charge is -2.11. The fraction of sp³-hybridized carbons (Fsp3) is 0.462. The highest BCUT2D eigenvalue weighted by atomic mass is 35.5. The van der Waals surface area contributed by atoms with E-state index in [9.17, 15) is 8.42 Å². The molecule has 0 saturated heterocycles. The Morgan fingerprint density at radius 1 is 1.18 bits per heavy atom. The van der Waals surface area contributed by atoms with Crippen LogP contribution >= 0.6 is 23.4 Å². The van der Waals surface area contributed by atoms with E-state index in [1.807, 2.05) is 24.3 Å². The second kappa shape index (κ2) is 9.94. The summed E-state index contributed by atoms with van der Waals surface area (Å²) < 4.78 is 24.2. The summed E-state index contributed by atoms with van der Waals surface area (Å²) in [7, 11) is -1.47. The molecule has 6 nitrogen and oxygen atoms in total. The predicted molar refractivity (Wildman–Crippen MR) is 94.4 cm³/mol. The van der Waals surface area contributed by atoms with Crippen LogP contribution in [0.1, 0.15) is 0 Å². The monoisotopic (exact) mass is 364 g/mol. The first-order valence-electron chi connectivity index (χ1n) is 6.68. The van der Waals surface area contributed by atoms with Gasteiger partial charge in [0.15, 0.2) is 5.96 Å². The van der Waals surface area contributed by atoms with E-state index in [1.54, 1.807) is 18.8 Å². The highest BCUT2D eigenvalue weighted by Crippen LogP contribution is 2.19. The van der Waals surface area contributed by atoms with Gasteiger partial charge in [0.05, 0.1) is 6.26 Å². The van der Waals surface area contributed by atoms with E-state index in [4.69, 9.17) is 11.6 Å². The number of hydrogen-bond acceptors (Lipinski definition) is 4. The van der Waals surface area contributed by atoms with E-state index >= 15 is 0 Å². The lowest BCUT2D eigenvalue weighted by atomic mass is 10.4. The molecule has 0 saturated carbocycles. The molecule has 9 heteroatoms. The number of guanidine groups is 1. The first-order valence-corrected chi connectivity index (χ1v) is 9.94. The van der Waals surface area contributed by atoms with Crippen LogP contribution in [0.3, 0.4) is 0 Å². The van der Waals surface area contributed by atoms with Crippen molar-refractivity contribution in [3.05, 3.63) is 29.3 Å². The lowest BCUT2D eigenvalue weighted by Crippen LogP contribution is -2.42. The van der Waals surface area contributed by atoms with Crippen LogP contribution in [-0.4, -0.2) is 53.1 Å². The van der Waals surface area contributed by atoms with Gasteiger partial charge in [-0.15, -0.1) is 11.8 Å². The van der Waals surface area contributed by atoms with Crippen molar-refractivity contribution >= 4 is 39.3 Å². The van der Waals surface area contributed by atoms with Crippen molar-refractivity contribution in [3.8, 4) is 0 Å². The molecule has 1 aromatic rings. The molecule has 0 fully saturated rings. The quantitative estimate of drug-likeness (QED) is 0.279. The molecule has 3 N–H and O–H groups in total. The average molecular weight is 365 g/mol. The Morgan fingerprint density at radius 3 is 2.41 bits per heavy atom. The number of nitrogens with zero attached hydrogens (tertiary/aromatic N) is 1. The number of benzene rings is 1. The minimum absolute atomic E-state index is 0.319. The van der Waals surface area contributed by atoms with E-state index < -0.39 is 10.0 Å². The number of nitrogens with one attached hydrogen (secondary N) is 3. The normalized spacial score (nSPS) is 12.2. The van der Waals surface area contributed by atoms with Gasteiger partial charge in [-0.05, 0) is 24.3 Å². The van der Waals surface area contributed by atoms with Gasteiger partial charge in [-0.2, -0.15) is 0 Å². The van der Waals surface area contributed by atoms with Crippen LogP contribution in [0.5, 0.6) is 0 Å². The zero-order chi connectivity index (χ0) is 16.4. The van der Waals surface area contributed by atoms with Crippen molar-refractivity contribution in [1.29, 1.82) is 0 Å². The highest BCUT2D eigenvalue weighted by Gasteiger charge is 2.01. The summed E-state index contributed by atoms with van der Waals surface area (Å²) in [5.41, 5.74) is 0. The second-order valence-corrected chi connectivity index (χ2v) is 7.83. The first kappa shape index (κ1) is 19.1. The number of sulfonamides is 1. The van der Waals surface area contributed by atoms with E-state index in [-0.39, 0.29) is 0 Å². The van der Waals surface area contributed by atoms with Gasteiger partial charge in [-0.3, -0.25) is 4.99 Å². The SMILES string of the molecule is CN=C(NCCNS(C)(=O)=O)NCCSc1ccc(Cl)cc1. The van der Waals surface area contributed by atoms with Gasteiger partial charge in [-0.1, -0.05) is 11.6 Å². The zero-order valence-corrected chi connectivity index (χ0v) is 15.0. The third-order valence-electron chi connectivity index (χ3n) is 2.48. The molecule has 1 aromatic carbocycles. The van der Waals surface area contributed by atoms with E-state index in [0.29, 0.717) is 19.0 Å². The zero-order valence-electron chi connectivity index (χ0n) is 12.6. The number of thioether (sulfide) groups is 1. The Hall–Kier alpha value is -0.960. The molecule has 0 amide bonds. The molecule has 0 radical (unpaired) electrons. The van der Waals surface area contributed by atoms with Crippen LogP contribution in [0.25, 0.3) is 0 Å². The van der Waals surface area contributed by atoms with Crippen LogP contribution in [-0.2, 0) is 10.0 Å². The summed E-state index contributed by atoms with van der Waals surface area (Å²) in [4.78, 5) is 5.23. The van der Waals surface area contributed by atoms with Crippen molar-refractivity contribution < 1.29 is 8.42 Å². The lowest BCUT2D eigenvalue weighted by molar-refractivity contribution is 0.586. The molecule has 0 spiro atoms. The molecule has 0 bridgehead atoms. The maximum atomic E-state index is 10.9. The summed E-state index contributed by atoms with van der Waals surface area (Å²) in [5.74, 6) is 1.52. The summed E-state index contributed by atoms with van der Waals surface area (Å²) in [5, 5.41) is 6.93. The van der Waals surface area contributed by atoms with Crippen LogP contribution in [0.2, 0.25) is 5.02 Å². The molecule has 0 aliphatic rings. The molecule has 22 heavy (non-hydrogen) atoms. The largest absolute Gasteiger partial charge is 0.356 e. The standard InChI is InChI=1S/C13H21ClN4O2S2/c1-15-13(16-7-8-18-22(2,19)20)17-9-10-21-12-5-3-11(14)4-6-12/h3-6,18H,7-10H2,1-2H3,(H2,15,16,17). The minimum atomic E-state index is -3.15. The molecule has 0 aromatic heterocycles. The van der Waals surface area contributed by atoms with Gasteiger partial charge in [0.25, 0.3) is 0 Å². The molecule has 0 aliphatic heterocycles. The molecule has 0 unspecified atom stereocenters. The van der Waals surface area contributed by atoms with Gasteiger partial charge in [0.2, 0.25) is 10.0 Å². The molecule has 0 heterocycles. The van der Waals surface area contributed by atoms with Crippen LogP contribution in [0.4, 0.5) is 0 Å². The highest BCUT2D eigenvalue weighted by molar-refractivity contribution is 7.99. The van der Waals surface area contributed by atoms with Crippen molar-refractivity contribution in [2.24, 2.45) is 4.99 Å². The van der Waals surface area contributed by atoms with Gasteiger partial charge in [-0.25, -0.2) is 13.1 Å². The fourth-order valence-corrected chi connectivity index (χ4v) is 2.87. The fourth-order valence-electron chi connectivity index (χ4n) is 1.51. The molecule has 0 aliphatic carbocycles. The summed E-state index contributed by atoms with van der Waals surface area (Å²) in [6.45, 7) is 1.53. The maximum Gasteiger partial charge on any atom is 0.208 e. The van der Waals surface area contributed by atoms with Crippen molar-refractivity contribution in [1.82, 2.24) is 15.4 Å². The van der Waals surface area contributed by atoms with E-state index in [2.05, 4.69) is 20.3 Å². The molecule has 124 valence electrons. The van der Waals surface area contributed by atoms with Crippen LogP contribution in [0, 0.1) is 0 Å². The predicted octanol–water partition coefficient (Wildman–Crippen LogP) is 1.15. The Kier molecular flexibility index (Phi) is 8.62. The molecule has 0 atom stereocenters. The summed E-state index contributed by atoms with van der Waals surface area (Å²) >= 11 is 7.55. The number of aliphatic imine (C=N–C) groups is 1. The third kappa shape index (κ3) is 9.14.